The van der Waals surface area contributed by atoms with Gasteiger partial charge >= 0.3 is 0 Å². The highest BCUT2D eigenvalue weighted by Crippen LogP contribution is 2.13. The molecule has 1 unspecified atom stereocenters. The van der Waals surface area contributed by atoms with E-state index >= 15 is 0 Å². The average molecular weight is 285 g/mol. The number of nitrogens with one attached hydrogen (secondary N) is 1. The number of aryl methyl sites for hydroxylation is 4. The first-order chi connectivity index (χ1) is 10.1. The molecular weight excluding hydrogens is 258 g/mol. The molecule has 0 aliphatic heterocycles. The van der Waals surface area contributed by atoms with Crippen molar-refractivity contribution in [3.63, 3.8) is 0 Å². The predicted octanol–water partition coefficient (Wildman–Crippen LogP) is 3.80. The second kappa shape index (κ2) is 7.41. The molecule has 21 heavy (non-hydrogen) atoms. The van der Waals surface area contributed by atoms with Gasteiger partial charge in [-0.15, -0.1) is 0 Å². The number of hydrogen-bond donors (Lipinski definition) is 1. The molecule has 114 valence electrons. The van der Waals surface area contributed by atoms with Crippen LogP contribution in [0.3, 0.4) is 0 Å². The van der Waals surface area contributed by atoms with Gasteiger partial charge in [0.05, 0.1) is 5.69 Å². The molecule has 1 N–H and O–H groups in total. The van der Waals surface area contributed by atoms with Crippen LogP contribution in [0, 0.1) is 13.8 Å². The molecule has 0 aliphatic rings. The van der Waals surface area contributed by atoms with Crippen LogP contribution < -0.4 is 5.32 Å². The van der Waals surface area contributed by atoms with Crippen LogP contribution in [-0.2, 0) is 13.0 Å². The third-order valence-electron chi connectivity index (χ3n) is 3.99. The van der Waals surface area contributed by atoms with Crippen molar-refractivity contribution in [3.8, 4) is 0 Å². The summed E-state index contributed by atoms with van der Waals surface area (Å²) < 4.78 is 2.09. The zero-order valence-corrected chi connectivity index (χ0v) is 13.7. The van der Waals surface area contributed by atoms with Crippen LogP contribution in [0.5, 0.6) is 0 Å². The third kappa shape index (κ3) is 4.43. The first kappa shape index (κ1) is 15.8. The Bertz CT molecular complexity index is 554. The molecule has 0 bridgehead atoms. The molecule has 2 rings (SSSR count). The summed E-state index contributed by atoms with van der Waals surface area (Å²) in [5.41, 5.74) is 5.11. The Morgan fingerprint density at radius 3 is 2.48 bits per heavy atom. The summed E-state index contributed by atoms with van der Waals surface area (Å²) in [4.78, 5) is 0. The Balaban J connectivity index is 1.76. The van der Waals surface area contributed by atoms with E-state index in [4.69, 9.17) is 0 Å². The van der Waals surface area contributed by atoms with E-state index in [9.17, 15) is 0 Å². The summed E-state index contributed by atoms with van der Waals surface area (Å²) in [6, 6.07) is 11.4. The van der Waals surface area contributed by atoms with Gasteiger partial charge in [0, 0.05) is 18.3 Å². The first-order valence-electron chi connectivity index (χ1n) is 7.93. The van der Waals surface area contributed by atoms with Crippen LogP contribution in [0.4, 0.5) is 0 Å². The highest BCUT2D eigenvalue weighted by Gasteiger charge is 2.05. The summed E-state index contributed by atoms with van der Waals surface area (Å²) in [5, 5.41) is 8.08. The van der Waals surface area contributed by atoms with E-state index in [1.165, 1.54) is 16.8 Å². The van der Waals surface area contributed by atoms with E-state index in [1.54, 1.807) is 0 Å². The quantitative estimate of drug-likeness (QED) is 0.784. The number of hydrogen-bond acceptors (Lipinski definition) is 2. The molecule has 0 radical (unpaired) electrons. The lowest BCUT2D eigenvalue weighted by molar-refractivity contribution is 0.500. The third-order valence-corrected chi connectivity index (χ3v) is 3.99. The Kier molecular flexibility index (Phi) is 5.57. The highest BCUT2D eigenvalue weighted by molar-refractivity contribution is 5.24. The molecule has 0 spiro atoms. The summed E-state index contributed by atoms with van der Waals surface area (Å²) >= 11 is 0. The van der Waals surface area contributed by atoms with Crippen molar-refractivity contribution in [3.05, 3.63) is 52.8 Å². The van der Waals surface area contributed by atoms with Crippen molar-refractivity contribution in [2.24, 2.45) is 0 Å². The first-order valence-corrected chi connectivity index (χ1v) is 7.93. The Morgan fingerprint density at radius 1 is 1.19 bits per heavy atom. The largest absolute Gasteiger partial charge is 0.310 e. The SMILES string of the molecule is CCc1ccc(C(C)NCCCn2nc(C)cc2C)cc1. The maximum Gasteiger partial charge on any atom is 0.0596 e. The van der Waals surface area contributed by atoms with Crippen LogP contribution in [0.2, 0.25) is 0 Å². The molecule has 0 saturated carbocycles. The molecular formula is C18H27N3. The minimum atomic E-state index is 0.399. The average Bonchev–Trinajstić information content (AvgIpc) is 2.81. The zero-order chi connectivity index (χ0) is 15.2. The lowest BCUT2D eigenvalue weighted by atomic mass is 10.1. The summed E-state index contributed by atoms with van der Waals surface area (Å²) in [5.74, 6) is 0. The number of rotatable bonds is 7. The highest BCUT2D eigenvalue weighted by atomic mass is 15.3. The lowest BCUT2D eigenvalue weighted by Gasteiger charge is -2.15. The fourth-order valence-corrected chi connectivity index (χ4v) is 2.61. The van der Waals surface area contributed by atoms with Gasteiger partial charge in [-0.1, -0.05) is 31.2 Å². The van der Waals surface area contributed by atoms with Crippen LogP contribution in [-0.4, -0.2) is 16.3 Å². The van der Waals surface area contributed by atoms with Gasteiger partial charge in [0.15, 0.2) is 0 Å². The maximum absolute atomic E-state index is 4.49. The van der Waals surface area contributed by atoms with Gasteiger partial charge in [-0.25, -0.2) is 0 Å². The van der Waals surface area contributed by atoms with E-state index in [2.05, 4.69) is 66.2 Å². The van der Waals surface area contributed by atoms with Gasteiger partial charge in [-0.3, -0.25) is 4.68 Å². The van der Waals surface area contributed by atoms with Crippen LogP contribution in [0.25, 0.3) is 0 Å². The lowest BCUT2D eigenvalue weighted by Crippen LogP contribution is -2.21. The molecule has 1 heterocycles. The molecule has 1 atom stereocenters. The molecule has 0 amide bonds. The topological polar surface area (TPSA) is 29.9 Å². The van der Waals surface area contributed by atoms with E-state index in [0.717, 1.165) is 31.6 Å². The van der Waals surface area contributed by atoms with Crippen molar-refractivity contribution in [1.29, 1.82) is 0 Å². The fraction of sp³-hybridized carbons (Fsp3) is 0.500. The molecule has 2 aromatic rings. The van der Waals surface area contributed by atoms with Crippen LogP contribution >= 0.6 is 0 Å². The monoisotopic (exact) mass is 285 g/mol. The van der Waals surface area contributed by atoms with Gasteiger partial charge < -0.3 is 5.32 Å². The molecule has 0 fully saturated rings. The fourth-order valence-electron chi connectivity index (χ4n) is 2.61. The van der Waals surface area contributed by atoms with Gasteiger partial charge in [-0.2, -0.15) is 5.10 Å². The second-order valence-corrected chi connectivity index (χ2v) is 5.77. The Hall–Kier alpha value is -1.61. The Labute approximate surface area is 128 Å². The molecule has 3 heteroatoms. The van der Waals surface area contributed by atoms with Crippen molar-refractivity contribution in [2.75, 3.05) is 6.54 Å². The zero-order valence-electron chi connectivity index (χ0n) is 13.7. The van der Waals surface area contributed by atoms with Gasteiger partial charge in [0.2, 0.25) is 0 Å². The van der Waals surface area contributed by atoms with Crippen LogP contribution in [0.1, 0.15) is 48.8 Å². The second-order valence-electron chi connectivity index (χ2n) is 5.77. The van der Waals surface area contributed by atoms with Gasteiger partial charge in [0.1, 0.15) is 0 Å². The smallest absolute Gasteiger partial charge is 0.0596 e. The molecule has 1 aromatic carbocycles. The minimum Gasteiger partial charge on any atom is -0.310 e. The summed E-state index contributed by atoms with van der Waals surface area (Å²) in [6.45, 7) is 10.6. The van der Waals surface area contributed by atoms with Gasteiger partial charge in [-0.05, 0) is 57.4 Å². The predicted molar refractivity (Wildman–Crippen MR) is 88.6 cm³/mol. The van der Waals surface area contributed by atoms with E-state index in [0.29, 0.717) is 6.04 Å². The standard InChI is InChI=1S/C18H27N3/c1-5-17-7-9-18(10-8-17)16(4)19-11-6-12-21-15(3)13-14(2)20-21/h7-10,13,16,19H,5-6,11-12H2,1-4H3. The molecule has 1 aromatic heterocycles. The number of benzene rings is 1. The maximum atomic E-state index is 4.49. The molecule has 3 nitrogen and oxygen atoms in total. The van der Waals surface area contributed by atoms with Crippen molar-refractivity contribution >= 4 is 0 Å². The molecule has 0 saturated heterocycles. The molecule has 0 aliphatic carbocycles. The van der Waals surface area contributed by atoms with E-state index < -0.39 is 0 Å². The minimum absolute atomic E-state index is 0.399. The van der Waals surface area contributed by atoms with Crippen molar-refractivity contribution in [2.45, 2.75) is 53.1 Å². The van der Waals surface area contributed by atoms with Crippen LogP contribution in [0.15, 0.2) is 30.3 Å². The van der Waals surface area contributed by atoms with Gasteiger partial charge in [0.25, 0.3) is 0 Å². The van der Waals surface area contributed by atoms with E-state index in [1.807, 2.05) is 6.92 Å². The summed E-state index contributed by atoms with van der Waals surface area (Å²) in [6.07, 6.45) is 2.20. The Morgan fingerprint density at radius 2 is 1.90 bits per heavy atom. The number of nitrogens with zero attached hydrogens (tertiary/aromatic N) is 2. The normalized spacial score (nSPS) is 12.6. The number of aromatic nitrogens is 2. The van der Waals surface area contributed by atoms with E-state index in [-0.39, 0.29) is 0 Å². The van der Waals surface area contributed by atoms with Crippen molar-refractivity contribution in [1.82, 2.24) is 15.1 Å². The van der Waals surface area contributed by atoms with Crippen molar-refractivity contribution < 1.29 is 0 Å². The summed E-state index contributed by atoms with van der Waals surface area (Å²) in [7, 11) is 0.